The maximum Gasteiger partial charge on any atom is 0.228 e. The predicted octanol–water partition coefficient (Wildman–Crippen LogP) is 3.50. The highest BCUT2D eigenvalue weighted by Crippen LogP contribution is 2.39. The van der Waals surface area contributed by atoms with Crippen LogP contribution in [0.1, 0.15) is 5.56 Å². The van der Waals surface area contributed by atoms with Crippen LogP contribution in [0, 0.1) is 3.57 Å². The first-order chi connectivity index (χ1) is 11.1. The number of methoxy groups -OCH3 is 3. The van der Waals surface area contributed by atoms with E-state index in [-0.39, 0.29) is 12.3 Å². The third-order valence-corrected chi connectivity index (χ3v) is 4.23. The van der Waals surface area contributed by atoms with Gasteiger partial charge in [-0.1, -0.05) is 18.2 Å². The van der Waals surface area contributed by atoms with Crippen LogP contribution in [-0.4, -0.2) is 27.2 Å². The number of hydrogen-bond acceptors (Lipinski definition) is 4. The molecule has 0 heterocycles. The molecule has 0 bridgehead atoms. The third-order valence-electron chi connectivity index (χ3n) is 3.28. The second-order valence-electron chi connectivity index (χ2n) is 4.70. The molecule has 0 aliphatic carbocycles. The molecule has 2 rings (SSSR count). The molecule has 5 nitrogen and oxygen atoms in total. The lowest BCUT2D eigenvalue weighted by atomic mass is 10.1. The zero-order valence-corrected chi connectivity index (χ0v) is 15.3. The number of halogens is 1. The zero-order valence-electron chi connectivity index (χ0n) is 13.2. The number of benzene rings is 2. The Labute approximate surface area is 149 Å². The first kappa shape index (κ1) is 17.4. The molecular weight excluding hydrogens is 409 g/mol. The van der Waals surface area contributed by atoms with Crippen LogP contribution in [0.4, 0.5) is 5.69 Å². The highest BCUT2D eigenvalue weighted by Gasteiger charge is 2.18. The van der Waals surface area contributed by atoms with Crippen LogP contribution in [-0.2, 0) is 11.2 Å². The predicted molar refractivity (Wildman–Crippen MR) is 97.6 cm³/mol. The summed E-state index contributed by atoms with van der Waals surface area (Å²) in [7, 11) is 4.64. The van der Waals surface area contributed by atoms with Gasteiger partial charge in [-0.15, -0.1) is 0 Å². The summed E-state index contributed by atoms with van der Waals surface area (Å²) in [4.78, 5) is 12.3. The first-order valence-electron chi connectivity index (χ1n) is 6.93. The molecule has 0 spiro atoms. The van der Waals surface area contributed by atoms with Crippen LogP contribution in [0.25, 0.3) is 0 Å². The lowest BCUT2D eigenvalue weighted by Gasteiger charge is -2.15. The Balaban J connectivity index is 2.22. The molecule has 0 aromatic heterocycles. The number of rotatable bonds is 6. The van der Waals surface area contributed by atoms with E-state index < -0.39 is 0 Å². The number of ether oxygens (including phenoxy) is 3. The maximum atomic E-state index is 12.3. The second-order valence-corrected chi connectivity index (χ2v) is 5.86. The number of amides is 1. The Morgan fingerprint density at radius 1 is 1.00 bits per heavy atom. The fraction of sp³-hybridized carbons (Fsp3) is 0.235. The van der Waals surface area contributed by atoms with Crippen molar-refractivity contribution in [3.63, 3.8) is 0 Å². The van der Waals surface area contributed by atoms with Crippen LogP contribution in [0.15, 0.2) is 36.4 Å². The van der Waals surface area contributed by atoms with Gasteiger partial charge < -0.3 is 19.5 Å². The van der Waals surface area contributed by atoms with E-state index >= 15 is 0 Å². The minimum absolute atomic E-state index is 0.125. The Bertz CT molecular complexity index is 703. The highest BCUT2D eigenvalue weighted by molar-refractivity contribution is 14.1. The molecular formula is C17H18INO4. The molecule has 23 heavy (non-hydrogen) atoms. The molecule has 122 valence electrons. The van der Waals surface area contributed by atoms with Crippen LogP contribution >= 0.6 is 22.6 Å². The largest absolute Gasteiger partial charge is 0.493 e. The monoisotopic (exact) mass is 427 g/mol. The van der Waals surface area contributed by atoms with Gasteiger partial charge in [-0.25, -0.2) is 0 Å². The SMILES string of the molecule is COc1ccc(CC(=O)Nc2ccccc2I)c(OC)c1OC. The molecule has 0 saturated carbocycles. The Morgan fingerprint density at radius 3 is 2.30 bits per heavy atom. The summed E-state index contributed by atoms with van der Waals surface area (Å²) in [5.41, 5.74) is 1.52. The van der Waals surface area contributed by atoms with Gasteiger partial charge in [0.15, 0.2) is 11.5 Å². The van der Waals surface area contributed by atoms with Crippen molar-refractivity contribution < 1.29 is 19.0 Å². The second kappa shape index (κ2) is 8.05. The lowest BCUT2D eigenvalue weighted by Crippen LogP contribution is -2.16. The topological polar surface area (TPSA) is 56.8 Å². The van der Waals surface area contributed by atoms with Crippen molar-refractivity contribution in [3.8, 4) is 17.2 Å². The molecule has 1 amide bonds. The molecule has 0 fully saturated rings. The van der Waals surface area contributed by atoms with E-state index in [1.807, 2.05) is 24.3 Å². The molecule has 0 saturated heterocycles. The Kier molecular flexibility index (Phi) is 6.09. The van der Waals surface area contributed by atoms with Crippen LogP contribution < -0.4 is 19.5 Å². The number of carbonyl (C=O) groups is 1. The van der Waals surface area contributed by atoms with Gasteiger partial charge in [-0.2, -0.15) is 0 Å². The van der Waals surface area contributed by atoms with Gasteiger partial charge >= 0.3 is 0 Å². The summed E-state index contributed by atoms with van der Waals surface area (Å²) in [6.45, 7) is 0. The van der Waals surface area contributed by atoms with Crippen molar-refractivity contribution in [1.29, 1.82) is 0 Å². The van der Waals surface area contributed by atoms with Gasteiger partial charge in [0.25, 0.3) is 0 Å². The van der Waals surface area contributed by atoms with E-state index in [1.54, 1.807) is 26.4 Å². The highest BCUT2D eigenvalue weighted by atomic mass is 127. The molecule has 2 aromatic rings. The normalized spacial score (nSPS) is 10.1. The average molecular weight is 427 g/mol. The fourth-order valence-corrected chi connectivity index (χ4v) is 2.75. The number of anilines is 1. The number of hydrogen-bond donors (Lipinski definition) is 1. The van der Waals surface area contributed by atoms with Crippen molar-refractivity contribution in [2.75, 3.05) is 26.6 Å². The first-order valence-corrected chi connectivity index (χ1v) is 8.00. The van der Waals surface area contributed by atoms with Crippen molar-refractivity contribution in [3.05, 3.63) is 45.5 Å². The number of carbonyl (C=O) groups excluding carboxylic acids is 1. The van der Waals surface area contributed by atoms with E-state index in [2.05, 4.69) is 27.9 Å². The van der Waals surface area contributed by atoms with E-state index in [4.69, 9.17) is 14.2 Å². The Morgan fingerprint density at radius 2 is 1.70 bits per heavy atom. The maximum absolute atomic E-state index is 12.3. The van der Waals surface area contributed by atoms with E-state index in [9.17, 15) is 4.79 Å². The summed E-state index contributed by atoms with van der Waals surface area (Å²) < 4.78 is 17.0. The quantitative estimate of drug-likeness (QED) is 0.718. The molecule has 1 N–H and O–H groups in total. The van der Waals surface area contributed by atoms with Crippen molar-refractivity contribution in [2.45, 2.75) is 6.42 Å². The van der Waals surface area contributed by atoms with Crippen molar-refractivity contribution >= 4 is 34.2 Å². The van der Waals surface area contributed by atoms with Gasteiger partial charge in [0.1, 0.15) is 0 Å². The molecule has 2 aromatic carbocycles. The summed E-state index contributed by atoms with van der Waals surface area (Å²) >= 11 is 2.18. The summed E-state index contributed by atoms with van der Waals surface area (Å²) in [6.07, 6.45) is 0.175. The van der Waals surface area contributed by atoms with Gasteiger partial charge in [0.05, 0.1) is 33.4 Å². The summed E-state index contributed by atoms with van der Waals surface area (Å²) in [6, 6.07) is 11.2. The summed E-state index contributed by atoms with van der Waals surface area (Å²) in [5.74, 6) is 1.42. The van der Waals surface area contributed by atoms with Gasteiger partial charge in [-0.3, -0.25) is 4.79 Å². The van der Waals surface area contributed by atoms with Crippen molar-refractivity contribution in [2.24, 2.45) is 0 Å². The fourth-order valence-electron chi connectivity index (χ4n) is 2.23. The standard InChI is InChI=1S/C17H18INO4/c1-21-14-9-8-11(16(22-2)17(14)23-3)10-15(20)19-13-7-5-4-6-12(13)18/h4-9H,10H2,1-3H3,(H,19,20). The molecule has 6 heteroatoms. The number of nitrogens with one attached hydrogen (secondary N) is 1. The van der Waals surface area contributed by atoms with Crippen LogP contribution in [0.2, 0.25) is 0 Å². The minimum Gasteiger partial charge on any atom is -0.493 e. The summed E-state index contributed by atoms with van der Waals surface area (Å²) in [5, 5.41) is 2.90. The van der Waals surface area contributed by atoms with Crippen LogP contribution in [0.5, 0.6) is 17.2 Å². The average Bonchev–Trinajstić information content (AvgIpc) is 2.56. The van der Waals surface area contributed by atoms with Crippen molar-refractivity contribution in [1.82, 2.24) is 0 Å². The molecule has 0 unspecified atom stereocenters. The Hall–Kier alpha value is -1.96. The smallest absolute Gasteiger partial charge is 0.228 e. The van der Waals surface area contributed by atoms with E-state index in [1.165, 1.54) is 7.11 Å². The number of para-hydroxylation sites is 1. The molecule has 0 radical (unpaired) electrons. The van der Waals surface area contributed by atoms with Gasteiger partial charge in [0, 0.05) is 9.13 Å². The van der Waals surface area contributed by atoms with E-state index in [0.717, 1.165) is 14.8 Å². The van der Waals surface area contributed by atoms with Gasteiger partial charge in [-0.05, 0) is 40.8 Å². The van der Waals surface area contributed by atoms with Gasteiger partial charge in [0.2, 0.25) is 11.7 Å². The van der Waals surface area contributed by atoms with E-state index in [0.29, 0.717) is 17.2 Å². The third kappa shape index (κ3) is 4.07. The molecule has 0 atom stereocenters. The molecule has 0 aliphatic rings. The zero-order chi connectivity index (χ0) is 16.8. The van der Waals surface area contributed by atoms with Crippen LogP contribution in [0.3, 0.4) is 0 Å². The lowest BCUT2D eigenvalue weighted by molar-refractivity contribution is -0.115. The minimum atomic E-state index is -0.125. The molecule has 0 aliphatic heterocycles.